The first-order chi connectivity index (χ1) is 10.1. The van der Waals surface area contributed by atoms with Crippen molar-refractivity contribution in [1.82, 2.24) is 10.2 Å². The van der Waals surface area contributed by atoms with Crippen LogP contribution in [0.5, 0.6) is 0 Å². The van der Waals surface area contributed by atoms with E-state index in [0.29, 0.717) is 6.04 Å². The van der Waals surface area contributed by atoms with Crippen molar-refractivity contribution in [2.24, 2.45) is 0 Å². The van der Waals surface area contributed by atoms with Crippen LogP contribution in [0.25, 0.3) is 0 Å². The Kier molecular flexibility index (Phi) is 4.50. The summed E-state index contributed by atoms with van der Waals surface area (Å²) >= 11 is 1.81. The average molecular weight is 308 g/mol. The van der Waals surface area contributed by atoms with Crippen LogP contribution >= 0.6 is 11.8 Å². The minimum atomic E-state index is -0.158. The maximum Gasteiger partial charge on any atom is 0.219 e. The van der Waals surface area contributed by atoms with E-state index in [1.807, 2.05) is 22.7 Å². The number of hydrogen-bond donors (Lipinski definition) is 1. The molecular formula is C16H21FN2OS. The van der Waals surface area contributed by atoms with Crippen molar-refractivity contribution in [2.75, 3.05) is 18.8 Å². The summed E-state index contributed by atoms with van der Waals surface area (Å²) in [6.45, 7) is 3.28. The predicted octanol–water partition coefficient (Wildman–Crippen LogP) is 2.96. The van der Waals surface area contributed by atoms with Gasteiger partial charge in [-0.25, -0.2) is 4.39 Å². The molecule has 0 aromatic heterocycles. The number of piperidine rings is 1. The molecule has 0 radical (unpaired) electrons. The fourth-order valence-corrected chi connectivity index (χ4v) is 4.29. The van der Waals surface area contributed by atoms with Gasteiger partial charge < -0.3 is 10.2 Å². The predicted molar refractivity (Wildman–Crippen MR) is 82.9 cm³/mol. The molecule has 1 fully saturated rings. The molecule has 2 aliphatic rings. The molecule has 0 spiro atoms. The van der Waals surface area contributed by atoms with Gasteiger partial charge in [-0.15, -0.1) is 11.8 Å². The SMILES string of the molecule is CC(=O)N1CCC(NC2CCSc3ccc(F)cc32)CC1. The largest absolute Gasteiger partial charge is 0.343 e. The molecule has 1 amide bonds. The first kappa shape index (κ1) is 14.9. The fourth-order valence-electron chi connectivity index (χ4n) is 3.18. The number of benzene rings is 1. The number of fused-ring (bicyclic) bond motifs is 1. The van der Waals surface area contributed by atoms with Crippen molar-refractivity contribution >= 4 is 17.7 Å². The van der Waals surface area contributed by atoms with Gasteiger partial charge in [-0.05, 0) is 48.8 Å². The molecule has 21 heavy (non-hydrogen) atoms. The Morgan fingerprint density at radius 3 is 2.81 bits per heavy atom. The number of nitrogens with zero attached hydrogens (tertiary/aromatic N) is 1. The van der Waals surface area contributed by atoms with Crippen LogP contribution in [-0.2, 0) is 4.79 Å². The van der Waals surface area contributed by atoms with Crippen LogP contribution in [0.15, 0.2) is 23.1 Å². The Morgan fingerprint density at radius 2 is 2.10 bits per heavy atom. The molecule has 1 saturated heterocycles. The zero-order chi connectivity index (χ0) is 14.8. The monoisotopic (exact) mass is 308 g/mol. The number of carbonyl (C=O) groups is 1. The second-order valence-electron chi connectivity index (χ2n) is 5.82. The fraction of sp³-hybridized carbons (Fsp3) is 0.562. The highest BCUT2D eigenvalue weighted by Gasteiger charge is 2.26. The number of amides is 1. The van der Waals surface area contributed by atoms with Gasteiger partial charge in [0.05, 0.1) is 0 Å². The highest BCUT2D eigenvalue weighted by molar-refractivity contribution is 7.99. The Balaban J connectivity index is 1.65. The van der Waals surface area contributed by atoms with Gasteiger partial charge in [0.15, 0.2) is 0 Å². The summed E-state index contributed by atoms with van der Waals surface area (Å²) in [6.07, 6.45) is 3.00. The number of likely N-dealkylation sites (tertiary alicyclic amines) is 1. The zero-order valence-corrected chi connectivity index (χ0v) is 13.1. The van der Waals surface area contributed by atoms with Gasteiger partial charge in [-0.1, -0.05) is 0 Å². The first-order valence-corrected chi connectivity index (χ1v) is 8.56. The van der Waals surface area contributed by atoms with E-state index in [4.69, 9.17) is 0 Å². The summed E-state index contributed by atoms with van der Waals surface area (Å²) in [6, 6.07) is 5.76. The number of thioether (sulfide) groups is 1. The van der Waals surface area contributed by atoms with Gasteiger partial charge in [-0.2, -0.15) is 0 Å². The minimum Gasteiger partial charge on any atom is -0.343 e. The van der Waals surface area contributed by atoms with E-state index >= 15 is 0 Å². The smallest absolute Gasteiger partial charge is 0.219 e. The third-order valence-electron chi connectivity index (χ3n) is 4.39. The lowest BCUT2D eigenvalue weighted by Crippen LogP contribution is -2.45. The first-order valence-electron chi connectivity index (χ1n) is 7.57. The summed E-state index contributed by atoms with van der Waals surface area (Å²) in [5.74, 6) is 1.08. The van der Waals surface area contributed by atoms with E-state index in [9.17, 15) is 9.18 Å². The Hall–Kier alpha value is -1.07. The van der Waals surface area contributed by atoms with Crippen LogP contribution in [0.4, 0.5) is 4.39 Å². The molecule has 5 heteroatoms. The van der Waals surface area contributed by atoms with Crippen molar-refractivity contribution < 1.29 is 9.18 Å². The molecule has 3 nitrogen and oxygen atoms in total. The van der Waals surface area contributed by atoms with Crippen LogP contribution in [0.1, 0.15) is 37.8 Å². The summed E-state index contributed by atoms with van der Waals surface area (Å²) in [5, 5.41) is 3.68. The van der Waals surface area contributed by atoms with Crippen LogP contribution < -0.4 is 5.32 Å². The Bertz CT molecular complexity index is 529. The molecule has 114 valence electrons. The number of nitrogens with one attached hydrogen (secondary N) is 1. The van der Waals surface area contributed by atoms with Gasteiger partial charge >= 0.3 is 0 Å². The molecule has 2 aliphatic heterocycles. The molecule has 3 rings (SSSR count). The van der Waals surface area contributed by atoms with E-state index in [0.717, 1.165) is 43.7 Å². The average Bonchev–Trinajstić information content (AvgIpc) is 2.48. The normalized spacial score (nSPS) is 23.0. The van der Waals surface area contributed by atoms with Gasteiger partial charge in [0.1, 0.15) is 5.82 Å². The lowest BCUT2D eigenvalue weighted by atomic mass is 9.98. The van der Waals surface area contributed by atoms with Crippen molar-refractivity contribution in [3.63, 3.8) is 0 Å². The molecule has 0 saturated carbocycles. The Labute approximate surface area is 129 Å². The second kappa shape index (κ2) is 6.36. The summed E-state index contributed by atoms with van der Waals surface area (Å²) in [4.78, 5) is 14.5. The maximum atomic E-state index is 13.5. The van der Waals surface area contributed by atoms with E-state index in [1.165, 1.54) is 4.90 Å². The van der Waals surface area contributed by atoms with E-state index in [2.05, 4.69) is 5.32 Å². The lowest BCUT2D eigenvalue weighted by Gasteiger charge is -2.35. The van der Waals surface area contributed by atoms with Crippen LogP contribution in [0.3, 0.4) is 0 Å². The van der Waals surface area contributed by atoms with Crippen molar-refractivity contribution in [3.05, 3.63) is 29.6 Å². The third kappa shape index (κ3) is 3.40. The van der Waals surface area contributed by atoms with Gasteiger partial charge in [0.25, 0.3) is 0 Å². The third-order valence-corrected chi connectivity index (χ3v) is 5.51. The quantitative estimate of drug-likeness (QED) is 0.911. The summed E-state index contributed by atoms with van der Waals surface area (Å²) < 4.78 is 13.5. The van der Waals surface area contributed by atoms with E-state index in [-0.39, 0.29) is 17.8 Å². The molecular weight excluding hydrogens is 287 g/mol. The lowest BCUT2D eigenvalue weighted by molar-refractivity contribution is -0.129. The Morgan fingerprint density at radius 1 is 1.33 bits per heavy atom. The molecule has 1 N–H and O–H groups in total. The number of rotatable bonds is 2. The van der Waals surface area contributed by atoms with Crippen molar-refractivity contribution in [1.29, 1.82) is 0 Å². The number of carbonyl (C=O) groups excluding carboxylic acids is 1. The van der Waals surface area contributed by atoms with Crippen LogP contribution in [0.2, 0.25) is 0 Å². The van der Waals surface area contributed by atoms with E-state index in [1.54, 1.807) is 19.1 Å². The molecule has 1 aromatic carbocycles. The van der Waals surface area contributed by atoms with E-state index < -0.39 is 0 Å². The highest BCUT2D eigenvalue weighted by atomic mass is 32.2. The molecule has 1 aromatic rings. The molecule has 1 atom stereocenters. The maximum absolute atomic E-state index is 13.5. The summed E-state index contributed by atoms with van der Waals surface area (Å²) in [5.41, 5.74) is 1.10. The highest BCUT2D eigenvalue weighted by Crippen LogP contribution is 2.37. The van der Waals surface area contributed by atoms with Crippen LogP contribution in [0, 0.1) is 5.82 Å². The molecule has 2 heterocycles. The van der Waals surface area contributed by atoms with Crippen molar-refractivity contribution in [3.8, 4) is 0 Å². The second-order valence-corrected chi connectivity index (χ2v) is 6.96. The number of halogens is 1. The summed E-state index contributed by atoms with van der Waals surface area (Å²) in [7, 11) is 0. The standard InChI is InChI=1S/C16H21FN2OS/c1-11(20)19-7-4-13(5-8-19)18-15-6-9-21-16-3-2-12(17)10-14(15)16/h2-3,10,13,15,18H,4-9H2,1H3. The van der Waals surface area contributed by atoms with Crippen LogP contribution in [-0.4, -0.2) is 35.7 Å². The van der Waals surface area contributed by atoms with Gasteiger partial charge in [0.2, 0.25) is 5.91 Å². The number of hydrogen-bond acceptors (Lipinski definition) is 3. The molecule has 0 bridgehead atoms. The molecule has 0 aliphatic carbocycles. The zero-order valence-electron chi connectivity index (χ0n) is 12.3. The minimum absolute atomic E-state index is 0.158. The van der Waals surface area contributed by atoms with Crippen molar-refractivity contribution in [2.45, 2.75) is 43.2 Å². The van der Waals surface area contributed by atoms with Gasteiger partial charge in [-0.3, -0.25) is 4.79 Å². The topological polar surface area (TPSA) is 32.3 Å². The molecule has 1 unspecified atom stereocenters. The van der Waals surface area contributed by atoms with Gasteiger partial charge in [0, 0.05) is 37.0 Å².